The lowest BCUT2D eigenvalue weighted by Crippen LogP contribution is -2.32. The van der Waals surface area contributed by atoms with E-state index in [1.807, 2.05) is 0 Å². The molecule has 0 bridgehead atoms. The van der Waals surface area contributed by atoms with E-state index in [0.29, 0.717) is 5.75 Å². The Kier molecular flexibility index (Phi) is 3.55. The SMILES string of the molecule is COc1cc(NC(C)C(N)=O)c(F)cc1N. The van der Waals surface area contributed by atoms with Crippen LogP contribution in [0.25, 0.3) is 0 Å². The zero-order valence-electron chi connectivity index (χ0n) is 9.08. The highest BCUT2D eigenvalue weighted by Gasteiger charge is 2.13. The summed E-state index contributed by atoms with van der Waals surface area (Å²) in [6, 6.07) is 1.82. The number of carbonyl (C=O) groups is 1. The van der Waals surface area contributed by atoms with Crippen molar-refractivity contribution in [1.82, 2.24) is 0 Å². The zero-order chi connectivity index (χ0) is 12.3. The van der Waals surface area contributed by atoms with Gasteiger partial charge in [0.05, 0.1) is 18.5 Å². The Bertz CT molecular complexity index is 409. The van der Waals surface area contributed by atoms with Crippen LogP contribution in [0.15, 0.2) is 12.1 Å². The van der Waals surface area contributed by atoms with Crippen molar-refractivity contribution in [3.63, 3.8) is 0 Å². The number of nitrogens with two attached hydrogens (primary N) is 2. The molecular formula is C10H14FN3O2. The van der Waals surface area contributed by atoms with Crippen molar-refractivity contribution in [2.75, 3.05) is 18.2 Å². The molecule has 0 aliphatic heterocycles. The molecule has 0 spiro atoms. The summed E-state index contributed by atoms with van der Waals surface area (Å²) in [4.78, 5) is 10.8. The first kappa shape index (κ1) is 12.1. The van der Waals surface area contributed by atoms with Crippen LogP contribution in [0.3, 0.4) is 0 Å². The Labute approximate surface area is 92.6 Å². The Morgan fingerprint density at radius 2 is 2.19 bits per heavy atom. The Hall–Kier alpha value is -1.98. The third-order valence-electron chi connectivity index (χ3n) is 2.12. The van der Waals surface area contributed by atoms with Crippen LogP contribution in [0.5, 0.6) is 5.75 Å². The van der Waals surface area contributed by atoms with Crippen LogP contribution in [0.4, 0.5) is 15.8 Å². The minimum atomic E-state index is -0.678. The summed E-state index contributed by atoms with van der Waals surface area (Å²) in [6.07, 6.45) is 0. The van der Waals surface area contributed by atoms with Crippen LogP contribution in [-0.2, 0) is 4.79 Å². The quantitative estimate of drug-likeness (QED) is 0.660. The van der Waals surface area contributed by atoms with Crippen LogP contribution in [0, 0.1) is 5.82 Å². The highest BCUT2D eigenvalue weighted by Crippen LogP contribution is 2.28. The number of halogens is 1. The summed E-state index contributed by atoms with van der Waals surface area (Å²) in [7, 11) is 1.42. The van der Waals surface area contributed by atoms with E-state index in [9.17, 15) is 9.18 Å². The van der Waals surface area contributed by atoms with Gasteiger partial charge in [-0.05, 0) is 6.92 Å². The lowest BCUT2D eigenvalue weighted by Gasteiger charge is -2.14. The van der Waals surface area contributed by atoms with E-state index in [1.54, 1.807) is 0 Å². The predicted molar refractivity (Wildman–Crippen MR) is 59.6 cm³/mol. The number of nitrogen functional groups attached to an aromatic ring is 1. The van der Waals surface area contributed by atoms with Crippen LogP contribution < -0.4 is 21.5 Å². The standard InChI is InChI=1S/C10H14FN3O2/c1-5(10(13)15)14-8-4-9(16-2)7(12)3-6(8)11/h3-5,14H,12H2,1-2H3,(H2,13,15). The summed E-state index contributed by atoms with van der Waals surface area (Å²) >= 11 is 0. The van der Waals surface area contributed by atoms with Gasteiger partial charge in [-0.1, -0.05) is 0 Å². The molecule has 6 heteroatoms. The Balaban J connectivity index is 3.00. The average Bonchev–Trinajstić information content (AvgIpc) is 2.21. The van der Waals surface area contributed by atoms with Gasteiger partial charge in [-0.2, -0.15) is 0 Å². The van der Waals surface area contributed by atoms with E-state index in [4.69, 9.17) is 16.2 Å². The maximum absolute atomic E-state index is 13.4. The van der Waals surface area contributed by atoms with Gasteiger partial charge in [0.2, 0.25) is 5.91 Å². The molecule has 0 saturated heterocycles. The molecule has 0 aliphatic carbocycles. The molecule has 1 amide bonds. The van der Waals surface area contributed by atoms with Crippen LogP contribution >= 0.6 is 0 Å². The lowest BCUT2D eigenvalue weighted by atomic mass is 10.2. The molecule has 1 aromatic carbocycles. The number of methoxy groups -OCH3 is 1. The normalized spacial score (nSPS) is 11.9. The number of amides is 1. The fraction of sp³-hybridized carbons (Fsp3) is 0.300. The van der Waals surface area contributed by atoms with Crippen molar-refractivity contribution < 1.29 is 13.9 Å². The summed E-state index contributed by atoms with van der Waals surface area (Å²) in [6.45, 7) is 1.53. The van der Waals surface area contributed by atoms with E-state index in [2.05, 4.69) is 5.32 Å². The second-order valence-electron chi connectivity index (χ2n) is 3.34. The third kappa shape index (κ3) is 2.53. The summed E-state index contributed by atoms with van der Waals surface area (Å²) in [5.74, 6) is -0.804. The minimum absolute atomic E-state index is 0.123. The largest absolute Gasteiger partial charge is 0.495 e. The molecule has 1 atom stereocenters. The summed E-state index contributed by atoms with van der Waals surface area (Å²) in [5, 5.41) is 2.63. The molecule has 1 aromatic rings. The molecule has 16 heavy (non-hydrogen) atoms. The van der Waals surface area contributed by atoms with Gasteiger partial charge in [-0.25, -0.2) is 4.39 Å². The van der Waals surface area contributed by atoms with E-state index < -0.39 is 17.8 Å². The molecule has 1 unspecified atom stereocenters. The van der Waals surface area contributed by atoms with Gasteiger partial charge >= 0.3 is 0 Å². The number of hydrogen-bond donors (Lipinski definition) is 3. The fourth-order valence-corrected chi connectivity index (χ4v) is 1.16. The smallest absolute Gasteiger partial charge is 0.239 e. The Morgan fingerprint density at radius 3 is 2.69 bits per heavy atom. The van der Waals surface area contributed by atoms with Crippen molar-refractivity contribution in [3.8, 4) is 5.75 Å². The van der Waals surface area contributed by atoms with E-state index >= 15 is 0 Å². The van der Waals surface area contributed by atoms with E-state index in [0.717, 1.165) is 6.07 Å². The maximum Gasteiger partial charge on any atom is 0.239 e. The second-order valence-corrected chi connectivity index (χ2v) is 3.34. The topological polar surface area (TPSA) is 90.4 Å². The molecule has 5 nitrogen and oxygen atoms in total. The zero-order valence-corrected chi connectivity index (χ0v) is 9.08. The first-order valence-electron chi connectivity index (χ1n) is 4.64. The number of primary amides is 1. The third-order valence-corrected chi connectivity index (χ3v) is 2.12. The van der Waals surface area contributed by atoms with Gasteiger partial charge in [-0.3, -0.25) is 4.79 Å². The highest BCUT2D eigenvalue weighted by atomic mass is 19.1. The number of nitrogens with one attached hydrogen (secondary N) is 1. The van der Waals surface area contributed by atoms with Crippen LogP contribution in [0.1, 0.15) is 6.92 Å². The van der Waals surface area contributed by atoms with Gasteiger partial charge in [0.1, 0.15) is 17.6 Å². The monoisotopic (exact) mass is 227 g/mol. The number of carbonyl (C=O) groups excluding carboxylic acids is 1. The predicted octanol–water partition coefficient (Wildman–Crippen LogP) is 0.702. The first-order valence-corrected chi connectivity index (χ1v) is 4.64. The number of ether oxygens (including phenoxy) is 1. The van der Waals surface area contributed by atoms with Crippen LogP contribution in [0.2, 0.25) is 0 Å². The molecule has 1 rings (SSSR count). The Morgan fingerprint density at radius 1 is 1.56 bits per heavy atom. The molecular weight excluding hydrogens is 213 g/mol. The minimum Gasteiger partial charge on any atom is -0.495 e. The molecule has 0 aromatic heterocycles. The number of rotatable bonds is 4. The lowest BCUT2D eigenvalue weighted by molar-refractivity contribution is -0.118. The van der Waals surface area contributed by atoms with E-state index in [-0.39, 0.29) is 11.4 Å². The molecule has 0 saturated carbocycles. The van der Waals surface area contributed by atoms with Crippen molar-refractivity contribution in [2.24, 2.45) is 5.73 Å². The molecule has 88 valence electrons. The fourth-order valence-electron chi connectivity index (χ4n) is 1.16. The van der Waals surface area contributed by atoms with Crippen LogP contribution in [-0.4, -0.2) is 19.1 Å². The molecule has 5 N–H and O–H groups in total. The molecule has 0 heterocycles. The van der Waals surface area contributed by atoms with Gasteiger partial charge in [0.15, 0.2) is 0 Å². The summed E-state index contributed by atoms with van der Waals surface area (Å²) < 4.78 is 18.4. The average molecular weight is 227 g/mol. The van der Waals surface area contributed by atoms with Gasteiger partial charge in [-0.15, -0.1) is 0 Å². The second kappa shape index (κ2) is 4.69. The number of benzene rings is 1. The van der Waals surface area contributed by atoms with Crippen molar-refractivity contribution in [1.29, 1.82) is 0 Å². The van der Waals surface area contributed by atoms with Gasteiger partial charge in [0.25, 0.3) is 0 Å². The van der Waals surface area contributed by atoms with Crippen molar-refractivity contribution in [2.45, 2.75) is 13.0 Å². The molecule has 0 radical (unpaired) electrons. The number of hydrogen-bond acceptors (Lipinski definition) is 4. The number of anilines is 2. The van der Waals surface area contributed by atoms with Crippen molar-refractivity contribution >= 4 is 17.3 Å². The maximum atomic E-state index is 13.4. The summed E-state index contributed by atoms with van der Waals surface area (Å²) in [5.41, 5.74) is 10.9. The molecule has 0 fully saturated rings. The highest BCUT2D eigenvalue weighted by molar-refractivity contribution is 5.82. The first-order chi connectivity index (χ1) is 7.45. The van der Waals surface area contributed by atoms with Crippen molar-refractivity contribution in [3.05, 3.63) is 17.9 Å². The van der Waals surface area contributed by atoms with Gasteiger partial charge in [0, 0.05) is 12.1 Å². The van der Waals surface area contributed by atoms with Gasteiger partial charge < -0.3 is 21.5 Å². The van der Waals surface area contributed by atoms with E-state index in [1.165, 1.54) is 20.1 Å². The molecule has 0 aliphatic rings.